The minimum atomic E-state index is -1.44. The highest BCUT2D eigenvalue weighted by molar-refractivity contribution is 5.79. The molecule has 1 aliphatic rings. The molecule has 1 amide bonds. The molecule has 9 heteroatoms. The van der Waals surface area contributed by atoms with E-state index in [1.165, 1.54) is 44.9 Å². The van der Waals surface area contributed by atoms with E-state index >= 15 is 0 Å². The minimum Gasteiger partial charge on any atom is -0.480 e. The van der Waals surface area contributed by atoms with Gasteiger partial charge in [0, 0.05) is 13.2 Å². The smallest absolute Gasteiger partial charge is 0.320 e. The van der Waals surface area contributed by atoms with Crippen LogP contribution in [0.25, 0.3) is 0 Å². The molecule has 0 aromatic rings. The van der Waals surface area contributed by atoms with Gasteiger partial charge in [-0.2, -0.15) is 0 Å². The number of amides is 1. The van der Waals surface area contributed by atoms with Crippen LogP contribution in [0.1, 0.15) is 96.8 Å². The van der Waals surface area contributed by atoms with E-state index in [4.69, 9.17) is 9.84 Å². The van der Waals surface area contributed by atoms with E-state index in [-0.39, 0.29) is 12.3 Å². The number of unbranched alkanes of at least 4 members (excludes halogenated alkanes) is 10. The first-order valence-electron chi connectivity index (χ1n) is 13.7. The van der Waals surface area contributed by atoms with Crippen LogP contribution in [0.15, 0.2) is 0 Å². The van der Waals surface area contributed by atoms with Crippen LogP contribution in [-0.4, -0.2) is 83.0 Å². The molecule has 0 saturated heterocycles. The maximum Gasteiger partial charge on any atom is 0.320 e. The van der Waals surface area contributed by atoms with E-state index in [1.807, 2.05) is 0 Å². The number of carboxylic acids is 1. The van der Waals surface area contributed by atoms with Gasteiger partial charge in [0.25, 0.3) is 0 Å². The van der Waals surface area contributed by atoms with Crippen LogP contribution in [0, 0.1) is 5.92 Å². The molecule has 0 unspecified atom stereocenters. The van der Waals surface area contributed by atoms with E-state index in [1.54, 1.807) is 7.05 Å². The second-order valence-corrected chi connectivity index (χ2v) is 9.87. The molecule has 1 aliphatic carbocycles. The SMILES string of the molecule is CCCCCCCCCCCCO[C@@H]1C[C@H](C(=O)NCCCC[C@H](NC)C(=O)O)[C@@H](O)[C@H](O)[C@H]1O. The molecular formula is C26H50N2O7. The number of rotatable bonds is 20. The minimum absolute atomic E-state index is 0.143. The molecule has 206 valence electrons. The van der Waals surface area contributed by atoms with Crippen molar-refractivity contribution >= 4 is 11.9 Å². The van der Waals surface area contributed by atoms with Crippen molar-refractivity contribution in [3.05, 3.63) is 0 Å². The van der Waals surface area contributed by atoms with Crippen LogP contribution in [0.5, 0.6) is 0 Å². The van der Waals surface area contributed by atoms with Crippen molar-refractivity contribution in [2.75, 3.05) is 20.2 Å². The number of carboxylic acid groups (broad SMARTS) is 1. The first-order valence-corrected chi connectivity index (χ1v) is 13.7. The molecule has 1 saturated carbocycles. The highest BCUT2D eigenvalue weighted by Crippen LogP contribution is 2.28. The van der Waals surface area contributed by atoms with E-state index in [2.05, 4.69) is 17.6 Å². The van der Waals surface area contributed by atoms with Gasteiger partial charge in [-0.3, -0.25) is 9.59 Å². The summed E-state index contributed by atoms with van der Waals surface area (Å²) in [6.07, 6.45) is 9.17. The van der Waals surface area contributed by atoms with Gasteiger partial charge in [-0.1, -0.05) is 64.7 Å². The molecule has 0 spiro atoms. The number of nitrogens with one attached hydrogen (secondary N) is 2. The standard InChI is InChI=1S/C26H50N2O7/c1-3-4-5-6-7-8-9-10-11-14-17-35-21-18-19(22(29)24(31)23(21)30)25(32)28-16-13-12-15-20(27-2)26(33)34/h19-24,27,29-31H,3-18H2,1-2H3,(H,28,32)(H,33,34)/t19-,20-,21+,22+,23-,24-/m0/s1. The molecule has 1 fully saturated rings. The molecule has 0 radical (unpaired) electrons. The molecule has 6 N–H and O–H groups in total. The molecule has 0 aliphatic heterocycles. The quantitative estimate of drug-likeness (QED) is 0.139. The lowest BCUT2D eigenvalue weighted by Gasteiger charge is -2.39. The van der Waals surface area contributed by atoms with Gasteiger partial charge < -0.3 is 35.8 Å². The van der Waals surface area contributed by atoms with Gasteiger partial charge in [0.05, 0.1) is 18.1 Å². The number of aliphatic carboxylic acids is 1. The fourth-order valence-electron chi connectivity index (χ4n) is 4.65. The van der Waals surface area contributed by atoms with Gasteiger partial charge in [-0.05, 0) is 39.2 Å². The third-order valence-corrected chi connectivity index (χ3v) is 7.01. The Labute approximate surface area is 211 Å². The number of aliphatic hydroxyl groups is 3. The van der Waals surface area contributed by atoms with Crippen LogP contribution >= 0.6 is 0 Å². The van der Waals surface area contributed by atoms with Crippen LogP contribution in [-0.2, 0) is 14.3 Å². The van der Waals surface area contributed by atoms with E-state index in [0.717, 1.165) is 19.3 Å². The Bertz CT molecular complexity index is 578. The monoisotopic (exact) mass is 502 g/mol. The molecule has 35 heavy (non-hydrogen) atoms. The van der Waals surface area contributed by atoms with Gasteiger partial charge in [-0.15, -0.1) is 0 Å². The molecule has 0 aromatic carbocycles. The number of carbonyl (C=O) groups is 2. The Kier molecular flexibility index (Phi) is 17.2. The Morgan fingerprint density at radius 1 is 0.857 bits per heavy atom. The highest BCUT2D eigenvalue weighted by atomic mass is 16.5. The van der Waals surface area contributed by atoms with E-state index in [9.17, 15) is 24.9 Å². The molecule has 9 nitrogen and oxygen atoms in total. The summed E-state index contributed by atoms with van der Waals surface area (Å²) < 4.78 is 5.81. The normalized spacial score (nSPS) is 25.3. The third-order valence-electron chi connectivity index (χ3n) is 7.01. The first-order chi connectivity index (χ1) is 16.8. The summed E-state index contributed by atoms with van der Waals surface area (Å²) in [6, 6.07) is -0.615. The summed E-state index contributed by atoms with van der Waals surface area (Å²) >= 11 is 0. The predicted molar refractivity (Wildman–Crippen MR) is 135 cm³/mol. The number of hydrogen-bond acceptors (Lipinski definition) is 7. The molecule has 6 atom stereocenters. The second kappa shape index (κ2) is 18.9. The maximum absolute atomic E-state index is 12.6. The molecule has 1 rings (SSSR count). The number of aliphatic hydroxyl groups excluding tert-OH is 3. The summed E-state index contributed by atoms with van der Waals surface area (Å²) in [5, 5.41) is 45.4. The fraction of sp³-hybridized carbons (Fsp3) is 0.923. The van der Waals surface area contributed by atoms with Gasteiger partial charge in [0.1, 0.15) is 18.2 Å². The Hall–Kier alpha value is -1.26. The maximum atomic E-state index is 12.6. The average molecular weight is 503 g/mol. The van der Waals surface area contributed by atoms with Crippen LogP contribution in [0.3, 0.4) is 0 Å². The van der Waals surface area contributed by atoms with E-state index < -0.39 is 42.3 Å². The molecule has 0 aromatic heterocycles. The molecular weight excluding hydrogens is 452 g/mol. The number of likely N-dealkylation sites (N-methyl/N-ethyl adjacent to an activating group) is 1. The summed E-state index contributed by atoms with van der Waals surface area (Å²) in [5.74, 6) is -2.16. The summed E-state index contributed by atoms with van der Waals surface area (Å²) in [5.41, 5.74) is 0. The Balaban J connectivity index is 2.27. The Morgan fingerprint density at radius 2 is 1.46 bits per heavy atom. The van der Waals surface area contributed by atoms with Gasteiger partial charge >= 0.3 is 5.97 Å². The third kappa shape index (κ3) is 12.5. The molecule has 0 bridgehead atoms. The van der Waals surface area contributed by atoms with Crippen molar-refractivity contribution in [3.8, 4) is 0 Å². The van der Waals surface area contributed by atoms with Crippen molar-refractivity contribution in [1.29, 1.82) is 0 Å². The average Bonchev–Trinajstić information content (AvgIpc) is 2.84. The largest absolute Gasteiger partial charge is 0.480 e. The van der Waals surface area contributed by atoms with Crippen LogP contribution in [0.2, 0.25) is 0 Å². The van der Waals surface area contributed by atoms with Crippen LogP contribution < -0.4 is 10.6 Å². The zero-order valence-electron chi connectivity index (χ0n) is 21.8. The fourth-order valence-corrected chi connectivity index (χ4v) is 4.65. The second-order valence-electron chi connectivity index (χ2n) is 9.87. The van der Waals surface area contributed by atoms with Crippen molar-refractivity contribution in [2.45, 2.75) is 127 Å². The predicted octanol–water partition coefficient (Wildman–Crippen LogP) is 2.35. The van der Waals surface area contributed by atoms with Gasteiger partial charge in [0.15, 0.2) is 0 Å². The first kappa shape index (κ1) is 31.8. The van der Waals surface area contributed by atoms with Crippen molar-refractivity contribution < 1.29 is 34.8 Å². The lowest BCUT2D eigenvalue weighted by molar-refractivity contribution is -0.179. The summed E-state index contributed by atoms with van der Waals surface area (Å²) in [6.45, 7) is 3.02. The number of carbonyl (C=O) groups excluding carboxylic acids is 1. The Morgan fingerprint density at radius 3 is 2.03 bits per heavy atom. The summed E-state index contributed by atoms with van der Waals surface area (Å²) in [4.78, 5) is 23.6. The zero-order chi connectivity index (χ0) is 26.1. The van der Waals surface area contributed by atoms with Gasteiger partial charge in [0.2, 0.25) is 5.91 Å². The number of ether oxygens (including phenoxy) is 1. The van der Waals surface area contributed by atoms with Crippen LogP contribution in [0.4, 0.5) is 0 Å². The number of hydrogen-bond donors (Lipinski definition) is 6. The summed E-state index contributed by atoms with van der Waals surface area (Å²) in [7, 11) is 1.60. The van der Waals surface area contributed by atoms with Crippen molar-refractivity contribution in [3.63, 3.8) is 0 Å². The lowest BCUT2D eigenvalue weighted by Crippen LogP contribution is -2.57. The zero-order valence-corrected chi connectivity index (χ0v) is 21.8. The molecule has 0 heterocycles. The topological polar surface area (TPSA) is 148 Å². The van der Waals surface area contributed by atoms with Crippen molar-refractivity contribution in [1.82, 2.24) is 10.6 Å². The van der Waals surface area contributed by atoms with E-state index in [0.29, 0.717) is 32.4 Å². The highest BCUT2D eigenvalue weighted by Gasteiger charge is 2.46. The van der Waals surface area contributed by atoms with Crippen molar-refractivity contribution in [2.24, 2.45) is 5.92 Å². The van der Waals surface area contributed by atoms with Gasteiger partial charge in [-0.25, -0.2) is 0 Å². The lowest BCUT2D eigenvalue weighted by atomic mass is 9.80.